The van der Waals surface area contributed by atoms with Gasteiger partial charge in [-0.05, 0) is 112 Å². The third kappa shape index (κ3) is 6.38. The summed E-state index contributed by atoms with van der Waals surface area (Å²) in [6.07, 6.45) is 0. The highest BCUT2D eigenvalue weighted by atomic mass is 16.3. The summed E-state index contributed by atoms with van der Waals surface area (Å²) in [5.41, 5.74) is 15.9. The predicted octanol–water partition coefficient (Wildman–Crippen LogP) is 16.8. The number of rotatable bonds is 5. The minimum absolute atomic E-state index is 0.888. The fraction of sp³-hybridized carbons (Fsp3) is 0.0690. The van der Waals surface area contributed by atoms with Crippen molar-refractivity contribution in [2.45, 2.75) is 27.7 Å². The Morgan fingerprint density at radius 3 is 1.28 bits per heavy atom. The van der Waals surface area contributed by atoms with Gasteiger partial charge in [0.2, 0.25) is 0 Å². The second kappa shape index (κ2) is 15.9. The van der Waals surface area contributed by atoms with E-state index < -0.39 is 0 Å². The van der Waals surface area contributed by atoms with E-state index in [0.29, 0.717) is 0 Å². The summed E-state index contributed by atoms with van der Waals surface area (Å²) in [6, 6.07) is 74.6. The normalized spacial score (nSPS) is 11.3. The van der Waals surface area contributed by atoms with Gasteiger partial charge in [-0.1, -0.05) is 155 Å². The summed E-state index contributed by atoms with van der Waals surface area (Å²) in [5.74, 6) is 0. The van der Waals surface area contributed by atoms with Crippen molar-refractivity contribution in [2.24, 2.45) is 0 Å². The van der Waals surface area contributed by atoms with Gasteiger partial charge in [0, 0.05) is 43.7 Å². The highest BCUT2D eigenvalue weighted by Crippen LogP contribution is 2.40. The van der Waals surface area contributed by atoms with Crippen molar-refractivity contribution in [1.29, 1.82) is 0 Å². The summed E-state index contributed by atoms with van der Waals surface area (Å²) in [5, 5.41) is 7.18. The molecule has 61 heavy (non-hydrogen) atoms. The number of nitrogens with zero attached hydrogens (tertiary/aromatic N) is 2. The minimum atomic E-state index is 0.888. The Hall–Kier alpha value is -7.62. The van der Waals surface area contributed by atoms with Gasteiger partial charge in [-0.3, -0.25) is 0 Å². The molecule has 0 unspecified atom stereocenters. The van der Waals surface area contributed by atoms with E-state index in [0.717, 1.165) is 33.3 Å². The Labute approximate surface area is 356 Å². The maximum atomic E-state index is 6.37. The predicted molar refractivity (Wildman–Crippen MR) is 261 cm³/mol. The summed E-state index contributed by atoms with van der Waals surface area (Å²) < 4.78 is 11.2. The number of fused-ring (bicyclic) bond motifs is 9. The minimum Gasteiger partial charge on any atom is -0.456 e. The van der Waals surface area contributed by atoms with Gasteiger partial charge in [0.15, 0.2) is 0 Å². The maximum absolute atomic E-state index is 6.37. The Morgan fingerprint density at radius 1 is 0.262 bits per heavy atom. The fourth-order valence-electron chi connectivity index (χ4n) is 9.05. The molecule has 0 aliphatic heterocycles. The van der Waals surface area contributed by atoms with Crippen LogP contribution in [-0.2, 0) is 0 Å². The third-order valence-electron chi connectivity index (χ3n) is 11.7. The van der Waals surface area contributed by atoms with Gasteiger partial charge >= 0.3 is 0 Å². The molecule has 0 saturated carbocycles. The molecule has 3 nitrogen and oxygen atoms in total. The molecule has 0 bridgehead atoms. The van der Waals surface area contributed by atoms with Gasteiger partial charge in [0.1, 0.15) is 11.2 Å². The molecule has 0 atom stereocenters. The number of benzene rings is 9. The van der Waals surface area contributed by atoms with Gasteiger partial charge in [-0.25, -0.2) is 0 Å². The SMILES string of the molecule is CC.CC.c1ccc(-c2cc(-c3ccc4c(c3)c3ccccc3n4-c3ccc4oc5ccc(-c6ccccc6)cc5c4c3)cc(-n3c4ccccc4c4ccccc43)c2)cc1. The Bertz CT molecular complexity index is 3460. The van der Waals surface area contributed by atoms with Crippen LogP contribution >= 0.6 is 0 Å². The first-order chi connectivity index (χ1) is 30.2. The lowest BCUT2D eigenvalue weighted by Gasteiger charge is -2.14. The zero-order chi connectivity index (χ0) is 41.5. The second-order valence-corrected chi connectivity index (χ2v) is 14.9. The van der Waals surface area contributed by atoms with E-state index in [-0.39, 0.29) is 0 Å². The van der Waals surface area contributed by atoms with Crippen LogP contribution in [0.2, 0.25) is 0 Å². The van der Waals surface area contributed by atoms with E-state index in [9.17, 15) is 0 Å². The van der Waals surface area contributed by atoms with Crippen LogP contribution in [0.5, 0.6) is 0 Å². The number of furan rings is 1. The van der Waals surface area contributed by atoms with Crippen molar-refractivity contribution < 1.29 is 4.42 Å². The van der Waals surface area contributed by atoms with Crippen LogP contribution in [0.4, 0.5) is 0 Å². The zero-order valence-corrected chi connectivity index (χ0v) is 34.9. The van der Waals surface area contributed by atoms with Gasteiger partial charge in [-0.2, -0.15) is 0 Å². The molecule has 12 aromatic rings. The molecule has 0 fully saturated rings. The molecule has 3 aromatic heterocycles. The quantitative estimate of drug-likeness (QED) is 0.170. The van der Waals surface area contributed by atoms with Gasteiger partial charge in [0.25, 0.3) is 0 Å². The Kier molecular flexibility index (Phi) is 9.78. The van der Waals surface area contributed by atoms with Crippen LogP contribution in [-0.4, -0.2) is 9.13 Å². The molecule has 294 valence electrons. The lowest BCUT2D eigenvalue weighted by atomic mass is 9.96. The molecule has 0 aliphatic rings. The first kappa shape index (κ1) is 37.6. The highest BCUT2D eigenvalue weighted by Gasteiger charge is 2.18. The molecule has 9 aromatic carbocycles. The first-order valence-corrected chi connectivity index (χ1v) is 21.5. The first-order valence-electron chi connectivity index (χ1n) is 21.5. The lowest BCUT2D eigenvalue weighted by Crippen LogP contribution is -1.96. The molecular formula is C58H46N2O. The molecule has 12 rings (SSSR count). The smallest absolute Gasteiger partial charge is 0.135 e. The average molecular weight is 787 g/mol. The van der Waals surface area contributed by atoms with Crippen molar-refractivity contribution >= 4 is 65.6 Å². The molecule has 0 radical (unpaired) electrons. The van der Waals surface area contributed by atoms with Crippen LogP contribution in [0.15, 0.2) is 211 Å². The van der Waals surface area contributed by atoms with E-state index >= 15 is 0 Å². The number of hydrogen-bond donors (Lipinski definition) is 0. The standard InChI is InChI=1S/C54H34N2O.2C2H6/c1-3-13-35(14-4-1)37-24-27-53-47(33-37)48-34-41(25-28-54(48)57-53)55-51-22-12-9-19-45(51)46-32-38(23-26-52(46)55)40-29-39(36-15-5-2-6-16-36)30-42(31-40)56-49-20-10-7-17-43(49)44-18-8-11-21-50(44)56;2*1-2/h1-34H;2*1-2H3. The van der Waals surface area contributed by atoms with Gasteiger partial charge in [0.05, 0.1) is 22.1 Å². The Morgan fingerprint density at radius 2 is 0.672 bits per heavy atom. The van der Waals surface area contributed by atoms with Crippen LogP contribution in [0.1, 0.15) is 27.7 Å². The van der Waals surface area contributed by atoms with Gasteiger partial charge in [-0.15, -0.1) is 0 Å². The topological polar surface area (TPSA) is 23.0 Å². The molecule has 0 amide bonds. The highest BCUT2D eigenvalue weighted by molar-refractivity contribution is 6.12. The van der Waals surface area contributed by atoms with Crippen LogP contribution in [0.25, 0.3) is 110 Å². The van der Waals surface area contributed by atoms with E-state index in [4.69, 9.17) is 4.42 Å². The number of hydrogen-bond acceptors (Lipinski definition) is 1. The Balaban J connectivity index is 0.00000108. The van der Waals surface area contributed by atoms with Crippen LogP contribution in [0.3, 0.4) is 0 Å². The van der Waals surface area contributed by atoms with Crippen molar-refractivity contribution in [3.8, 4) is 44.8 Å². The van der Waals surface area contributed by atoms with Crippen molar-refractivity contribution in [2.75, 3.05) is 0 Å². The number of para-hydroxylation sites is 3. The van der Waals surface area contributed by atoms with E-state index in [1.165, 1.54) is 77.0 Å². The van der Waals surface area contributed by atoms with Crippen LogP contribution < -0.4 is 0 Å². The van der Waals surface area contributed by atoms with Crippen molar-refractivity contribution in [3.05, 3.63) is 206 Å². The second-order valence-electron chi connectivity index (χ2n) is 14.9. The fourth-order valence-corrected chi connectivity index (χ4v) is 9.05. The maximum Gasteiger partial charge on any atom is 0.135 e. The van der Waals surface area contributed by atoms with Crippen molar-refractivity contribution in [3.63, 3.8) is 0 Å². The summed E-state index contributed by atoms with van der Waals surface area (Å²) in [4.78, 5) is 0. The van der Waals surface area contributed by atoms with Gasteiger partial charge < -0.3 is 13.6 Å². The zero-order valence-electron chi connectivity index (χ0n) is 34.9. The molecule has 0 saturated heterocycles. The lowest BCUT2D eigenvalue weighted by molar-refractivity contribution is 0.669. The van der Waals surface area contributed by atoms with E-state index in [2.05, 4.69) is 215 Å². The monoisotopic (exact) mass is 786 g/mol. The third-order valence-corrected chi connectivity index (χ3v) is 11.7. The molecule has 0 spiro atoms. The molecule has 0 aliphatic carbocycles. The average Bonchev–Trinajstić information content (AvgIpc) is 4.00. The molecular weight excluding hydrogens is 741 g/mol. The largest absolute Gasteiger partial charge is 0.456 e. The summed E-state index contributed by atoms with van der Waals surface area (Å²) >= 11 is 0. The van der Waals surface area contributed by atoms with E-state index in [1.807, 2.05) is 27.7 Å². The summed E-state index contributed by atoms with van der Waals surface area (Å²) in [7, 11) is 0. The molecule has 0 N–H and O–H groups in total. The van der Waals surface area contributed by atoms with E-state index in [1.54, 1.807) is 0 Å². The van der Waals surface area contributed by atoms with Crippen LogP contribution in [0, 0.1) is 0 Å². The molecule has 3 heterocycles. The number of aromatic nitrogens is 2. The molecule has 3 heteroatoms. The summed E-state index contributed by atoms with van der Waals surface area (Å²) in [6.45, 7) is 8.00. The van der Waals surface area contributed by atoms with Crippen molar-refractivity contribution in [1.82, 2.24) is 9.13 Å².